The summed E-state index contributed by atoms with van der Waals surface area (Å²) in [5.74, 6) is -0.147. The van der Waals surface area contributed by atoms with E-state index in [-0.39, 0.29) is 10.6 Å². The Kier molecular flexibility index (Phi) is 4.11. The number of aromatic nitrogens is 5. The maximum absolute atomic E-state index is 13.0. The van der Waals surface area contributed by atoms with Crippen molar-refractivity contribution in [3.63, 3.8) is 0 Å². The lowest BCUT2D eigenvalue weighted by Gasteiger charge is -2.06. The van der Waals surface area contributed by atoms with Crippen molar-refractivity contribution >= 4 is 54.2 Å². The minimum Gasteiger partial charge on any atom is -0.263 e. The van der Waals surface area contributed by atoms with Gasteiger partial charge < -0.3 is 0 Å². The topological polar surface area (TPSA) is 98.6 Å². The van der Waals surface area contributed by atoms with Crippen LogP contribution < -0.4 is 0 Å². The highest BCUT2D eigenvalue weighted by Gasteiger charge is 2.21. The van der Waals surface area contributed by atoms with Crippen LogP contribution in [0.3, 0.4) is 0 Å². The van der Waals surface area contributed by atoms with E-state index in [9.17, 15) is 8.42 Å². The number of hydrogen-bond acceptors (Lipinski definition) is 9. The molecule has 5 rings (SSSR count). The van der Waals surface area contributed by atoms with Gasteiger partial charge in [-0.2, -0.15) is 8.75 Å². The average molecular weight is 426 g/mol. The standard InChI is InChI=1S/C18H11N5O2S3/c24-28(25,16-9-20-7-14-17(16)23-27-22-14)10-11-2-1-3-12(6-11)18-21-13-4-5-19-8-15(13)26-18/h1-9H,10H2. The molecule has 4 aromatic heterocycles. The van der Waals surface area contributed by atoms with Crippen LogP contribution in [0.2, 0.25) is 0 Å². The van der Waals surface area contributed by atoms with Gasteiger partial charge in [-0.25, -0.2) is 13.4 Å². The van der Waals surface area contributed by atoms with E-state index in [1.807, 2.05) is 24.3 Å². The highest BCUT2D eigenvalue weighted by atomic mass is 32.2. The number of nitrogens with zero attached hydrogens (tertiary/aromatic N) is 5. The molecule has 10 heteroatoms. The van der Waals surface area contributed by atoms with Crippen molar-refractivity contribution in [1.29, 1.82) is 0 Å². The predicted octanol–water partition coefficient (Wildman–Crippen LogP) is 3.73. The summed E-state index contributed by atoms with van der Waals surface area (Å²) in [4.78, 5) is 12.8. The van der Waals surface area contributed by atoms with E-state index in [1.54, 1.807) is 18.5 Å². The van der Waals surface area contributed by atoms with Crippen molar-refractivity contribution in [3.8, 4) is 10.6 Å². The quantitative estimate of drug-likeness (QED) is 0.432. The first kappa shape index (κ1) is 17.3. The number of hydrogen-bond donors (Lipinski definition) is 0. The largest absolute Gasteiger partial charge is 0.263 e. The Hall–Kier alpha value is -2.82. The monoisotopic (exact) mass is 425 g/mol. The van der Waals surface area contributed by atoms with Gasteiger partial charge >= 0.3 is 0 Å². The van der Waals surface area contributed by atoms with Gasteiger partial charge in [0.15, 0.2) is 9.84 Å². The second-order valence-corrected chi connectivity index (χ2v) is 9.61. The number of pyridine rings is 2. The Labute approximate surface area is 168 Å². The maximum atomic E-state index is 13.0. The molecule has 5 aromatic rings. The molecule has 0 N–H and O–H groups in total. The Morgan fingerprint density at radius 2 is 1.89 bits per heavy atom. The van der Waals surface area contributed by atoms with Gasteiger partial charge in [-0.15, -0.1) is 11.3 Å². The summed E-state index contributed by atoms with van der Waals surface area (Å²) in [6, 6.07) is 9.28. The van der Waals surface area contributed by atoms with E-state index in [4.69, 9.17) is 0 Å². The summed E-state index contributed by atoms with van der Waals surface area (Å²) in [5.41, 5.74) is 3.29. The predicted molar refractivity (Wildman–Crippen MR) is 109 cm³/mol. The molecule has 28 heavy (non-hydrogen) atoms. The van der Waals surface area contributed by atoms with Crippen molar-refractivity contribution in [2.24, 2.45) is 0 Å². The van der Waals surface area contributed by atoms with Crippen molar-refractivity contribution < 1.29 is 8.42 Å². The maximum Gasteiger partial charge on any atom is 0.186 e. The third kappa shape index (κ3) is 3.05. The Morgan fingerprint density at radius 1 is 0.964 bits per heavy atom. The van der Waals surface area contributed by atoms with E-state index < -0.39 is 9.84 Å². The lowest BCUT2D eigenvalue weighted by atomic mass is 10.1. The molecule has 0 aliphatic heterocycles. The summed E-state index contributed by atoms with van der Waals surface area (Å²) in [7, 11) is -3.62. The summed E-state index contributed by atoms with van der Waals surface area (Å²) in [6.45, 7) is 0. The molecule has 138 valence electrons. The highest BCUT2D eigenvalue weighted by molar-refractivity contribution is 7.90. The van der Waals surface area contributed by atoms with Crippen LogP contribution in [0, 0.1) is 0 Å². The van der Waals surface area contributed by atoms with E-state index in [1.165, 1.54) is 23.7 Å². The van der Waals surface area contributed by atoms with Gasteiger partial charge in [-0.3, -0.25) is 9.97 Å². The minimum atomic E-state index is -3.62. The van der Waals surface area contributed by atoms with Crippen molar-refractivity contribution in [1.82, 2.24) is 23.7 Å². The lowest BCUT2D eigenvalue weighted by Crippen LogP contribution is -2.06. The van der Waals surface area contributed by atoms with Gasteiger partial charge in [0.25, 0.3) is 0 Å². The van der Waals surface area contributed by atoms with Crippen LogP contribution in [0.25, 0.3) is 31.8 Å². The SMILES string of the molecule is O=S(=O)(Cc1cccc(-c2nc3ccncc3s2)c1)c1cncc2nsnc12. The van der Waals surface area contributed by atoms with Gasteiger partial charge in [0, 0.05) is 24.2 Å². The molecular weight excluding hydrogens is 414 g/mol. The number of fused-ring (bicyclic) bond motifs is 2. The molecule has 0 aliphatic carbocycles. The van der Waals surface area contributed by atoms with E-state index in [2.05, 4.69) is 23.7 Å². The number of benzene rings is 1. The van der Waals surface area contributed by atoms with Crippen LogP contribution in [-0.4, -0.2) is 32.1 Å². The Bertz CT molecular complexity index is 1390. The second-order valence-electron chi connectivity index (χ2n) is 6.09. The molecule has 0 fully saturated rings. The van der Waals surface area contributed by atoms with Crippen LogP contribution in [-0.2, 0) is 15.6 Å². The lowest BCUT2D eigenvalue weighted by molar-refractivity contribution is 0.595. The van der Waals surface area contributed by atoms with Crippen LogP contribution in [0.4, 0.5) is 0 Å². The fourth-order valence-electron chi connectivity index (χ4n) is 2.91. The van der Waals surface area contributed by atoms with E-state index >= 15 is 0 Å². The zero-order chi connectivity index (χ0) is 19.1. The summed E-state index contributed by atoms with van der Waals surface area (Å²) in [6.07, 6.45) is 6.33. The molecule has 0 spiro atoms. The zero-order valence-electron chi connectivity index (χ0n) is 14.2. The number of rotatable bonds is 4. The van der Waals surface area contributed by atoms with Crippen LogP contribution in [0.5, 0.6) is 0 Å². The zero-order valence-corrected chi connectivity index (χ0v) is 16.6. The highest BCUT2D eigenvalue weighted by Crippen LogP contribution is 2.31. The molecule has 4 heterocycles. The first-order valence-electron chi connectivity index (χ1n) is 8.19. The number of sulfone groups is 1. The Morgan fingerprint density at radius 3 is 2.79 bits per heavy atom. The van der Waals surface area contributed by atoms with Gasteiger partial charge in [-0.1, -0.05) is 18.2 Å². The molecule has 0 aliphatic rings. The molecule has 0 saturated heterocycles. The molecule has 0 atom stereocenters. The molecule has 0 amide bonds. The average Bonchev–Trinajstić information content (AvgIpc) is 3.34. The summed E-state index contributed by atoms with van der Waals surface area (Å²) < 4.78 is 35.1. The van der Waals surface area contributed by atoms with Crippen LogP contribution in [0.1, 0.15) is 5.56 Å². The van der Waals surface area contributed by atoms with Gasteiger partial charge in [0.05, 0.1) is 33.9 Å². The number of thiazole rings is 1. The summed E-state index contributed by atoms with van der Waals surface area (Å²) in [5, 5.41) is 0.828. The van der Waals surface area contributed by atoms with Gasteiger partial charge in [0.2, 0.25) is 0 Å². The molecule has 0 saturated carbocycles. The molecular formula is C18H11N5O2S3. The second kappa shape index (κ2) is 6.66. The molecule has 0 radical (unpaired) electrons. The summed E-state index contributed by atoms with van der Waals surface area (Å²) >= 11 is 2.50. The molecule has 0 unspecified atom stereocenters. The van der Waals surface area contributed by atoms with Crippen molar-refractivity contribution in [2.45, 2.75) is 10.6 Å². The minimum absolute atomic E-state index is 0.107. The fourth-order valence-corrected chi connectivity index (χ4v) is 5.87. The van der Waals surface area contributed by atoms with Gasteiger partial charge in [-0.05, 0) is 17.7 Å². The van der Waals surface area contributed by atoms with Crippen LogP contribution >= 0.6 is 23.1 Å². The van der Waals surface area contributed by atoms with Crippen LogP contribution in [0.15, 0.2) is 60.0 Å². The van der Waals surface area contributed by atoms with Gasteiger partial charge in [0.1, 0.15) is 20.9 Å². The smallest absolute Gasteiger partial charge is 0.186 e. The van der Waals surface area contributed by atoms with Crippen molar-refractivity contribution in [3.05, 3.63) is 60.7 Å². The normalized spacial score (nSPS) is 12.0. The molecule has 0 bridgehead atoms. The third-order valence-electron chi connectivity index (χ3n) is 4.19. The Balaban J connectivity index is 1.52. The van der Waals surface area contributed by atoms with E-state index in [0.29, 0.717) is 16.6 Å². The molecule has 7 nitrogen and oxygen atoms in total. The van der Waals surface area contributed by atoms with E-state index in [0.717, 1.165) is 32.5 Å². The van der Waals surface area contributed by atoms with Crippen molar-refractivity contribution in [2.75, 3.05) is 0 Å². The first-order valence-corrected chi connectivity index (χ1v) is 11.4. The first-order chi connectivity index (χ1) is 13.6. The molecule has 1 aromatic carbocycles. The third-order valence-corrected chi connectivity index (χ3v) is 7.47. The fraction of sp³-hybridized carbons (Fsp3) is 0.0556.